The molecular formula is C28H26N6O. The van der Waals surface area contributed by atoms with E-state index in [4.69, 9.17) is 4.74 Å². The number of hydrogen-bond donors (Lipinski definition) is 3. The minimum atomic E-state index is 0.605. The quantitative estimate of drug-likeness (QED) is 0.314. The number of nitrogens with zero attached hydrogens (tertiary/aromatic N) is 3. The van der Waals surface area contributed by atoms with Crippen molar-refractivity contribution in [2.45, 2.75) is 26.4 Å². The summed E-state index contributed by atoms with van der Waals surface area (Å²) in [5.41, 5.74) is 7.62. The molecule has 35 heavy (non-hydrogen) atoms. The molecule has 5 heterocycles. The van der Waals surface area contributed by atoms with Gasteiger partial charge in [-0.15, -0.1) is 0 Å². The van der Waals surface area contributed by atoms with Gasteiger partial charge in [0.1, 0.15) is 23.0 Å². The first-order valence-electron chi connectivity index (χ1n) is 11.8. The van der Waals surface area contributed by atoms with E-state index in [9.17, 15) is 0 Å². The molecule has 0 saturated carbocycles. The van der Waals surface area contributed by atoms with Crippen molar-refractivity contribution < 1.29 is 4.74 Å². The fourth-order valence-electron chi connectivity index (χ4n) is 4.47. The van der Waals surface area contributed by atoms with Gasteiger partial charge in [0.25, 0.3) is 0 Å². The average Bonchev–Trinajstić information content (AvgIpc) is 3.34. The zero-order valence-electron chi connectivity index (χ0n) is 19.5. The van der Waals surface area contributed by atoms with E-state index in [1.165, 1.54) is 11.1 Å². The zero-order chi connectivity index (χ0) is 23.6. The van der Waals surface area contributed by atoms with Crippen molar-refractivity contribution in [1.29, 1.82) is 0 Å². The molecule has 0 atom stereocenters. The SMILES string of the molecule is Cc1ccc(CNc2cc(-c3c[nH]c4nccc(Oc5ccc6c(c5)CNCC6)c34)ccn2)nc1. The van der Waals surface area contributed by atoms with Crippen molar-refractivity contribution >= 4 is 16.9 Å². The highest BCUT2D eigenvalue weighted by atomic mass is 16.5. The largest absolute Gasteiger partial charge is 0.457 e. The molecule has 0 amide bonds. The molecule has 1 aliphatic rings. The summed E-state index contributed by atoms with van der Waals surface area (Å²) in [7, 11) is 0. The lowest BCUT2D eigenvalue weighted by Crippen LogP contribution is -2.23. The van der Waals surface area contributed by atoms with Gasteiger partial charge in [0.2, 0.25) is 0 Å². The monoisotopic (exact) mass is 462 g/mol. The molecule has 7 heteroatoms. The van der Waals surface area contributed by atoms with Crippen LogP contribution in [0.5, 0.6) is 11.5 Å². The van der Waals surface area contributed by atoms with E-state index in [0.29, 0.717) is 6.54 Å². The molecule has 5 aromatic rings. The minimum absolute atomic E-state index is 0.605. The van der Waals surface area contributed by atoms with Crippen LogP contribution in [-0.2, 0) is 19.5 Å². The third-order valence-corrected chi connectivity index (χ3v) is 6.32. The maximum Gasteiger partial charge on any atom is 0.141 e. The highest BCUT2D eigenvalue weighted by Crippen LogP contribution is 2.37. The van der Waals surface area contributed by atoms with Gasteiger partial charge in [-0.1, -0.05) is 12.1 Å². The first kappa shape index (κ1) is 21.3. The van der Waals surface area contributed by atoms with Crippen LogP contribution in [0.3, 0.4) is 0 Å². The lowest BCUT2D eigenvalue weighted by Gasteiger charge is -2.18. The Balaban J connectivity index is 1.29. The highest BCUT2D eigenvalue weighted by molar-refractivity contribution is 5.98. The molecule has 0 unspecified atom stereocenters. The van der Waals surface area contributed by atoms with Gasteiger partial charge < -0.3 is 20.4 Å². The van der Waals surface area contributed by atoms with E-state index in [0.717, 1.165) is 70.2 Å². The second-order valence-corrected chi connectivity index (χ2v) is 8.80. The van der Waals surface area contributed by atoms with Gasteiger partial charge in [0.15, 0.2) is 0 Å². The van der Waals surface area contributed by atoms with Crippen LogP contribution in [0.25, 0.3) is 22.2 Å². The maximum atomic E-state index is 6.40. The molecule has 7 nitrogen and oxygen atoms in total. The molecule has 0 aliphatic carbocycles. The van der Waals surface area contributed by atoms with Crippen LogP contribution in [0.15, 0.2) is 73.3 Å². The Hall–Kier alpha value is -4.23. The molecule has 0 spiro atoms. The van der Waals surface area contributed by atoms with Gasteiger partial charge in [-0.3, -0.25) is 4.98 Å². The van der Waals surface area contributed by atoms with Gasteiger partial charge in [-0.05, 0) is 78.5 Å². The molecule has 4 aromatic heterocycles. The Kier molecular flexibility index (Phi) is 5.60. The van der Waals surface area contributed by atoms with Gasteiger partial charge in [0.05, 0.1) is 17.6 Å². The number of benzene rings is 1. The number of aromatic amines is 1. The van der Waals surface area contributed by atoms with Crippen molar-refractivity contribution in [1.82, 2.24) is 25.3 Å². The molecule has 0 fully saturated rings. The number of hydrogen-bond acceptors (Lipinski definition) is 6. The van der Waals surface area contributed by atoms with Crippen molar-refractivity contribution in [3.8, 4) is 22.6 Å². The van der Waals surface area contributed by atoms with Crippen molar-refractivity contribution in [3.05, 3.63) is 95.7 Å². The first-order valence-corrected chi connectivity index (χ1v) is 11.8. The fraction of sp³-hybridized carbons (Fsp3) is 0.179. The van der Waals surface area contributed by atoms with Crippen LogP contribution < -0.4 is 15.4 Å². The molecule has 3 N–H and O–H groups in total. The second kappa shape index (κ2) is 9.19. The molecular weight excluding hydrogens is 436 g/mol. The first-order chi connectivity index (χ1) is 17.2. The number of ether oxygens (including phenoxy) is 1. The maximum absolute atomic E-state index is 6.40. The van der Waals surface area contributed by atoms with Gasteiger partial charge >= 0.3 is 0 Å². The van der Waals surface area contributed by atoms with Crippen molar-refractivity contribution in [3.63, 3.8) is 0 Å². The molecule has 0 radical (unpaired) electrons. The standard InChI is InChI=1S/C28H26N6O/c1-18-2-4-22(32-14-18)16-33-26-13-20(7-10-30-26)24-17-34-28-27(24)25(8-11-31-28)35-23-5-3-19-6-9-29-15-21(19)12-23/h2-5,7-8,10-14,17,29H,6,9,15-16H2,1H3,(H,30,33)(H,31,34). The molecule has 1 aromatic carbocycles. The van der Waals surface area contributed by atoms with Crippen LogP contribution in [-0.4, -0.2) is 26.5 Å². The van der Waals surface area contributed by atoms with Crippen molar-refractivity contribution in [2.24, 2.45) is 0 Å². The zero-order valence-corrected chi connectivity index (χ0v) is 19.5. The number of aromatic nitrogens is 4. The second-order valence-electron chi connectivity index (χ2n) is 8.80. The number of rotatable bonds is 6. The van der Waals surface area contributed by atoms with Gasteiger partial charge in [-0.25, -0.2) is 9.97 Å². The molecule has 0 saturated heterocycles. The average molecular weight is 463 g/mol. The molecule has 174 valence electrons. The summed E-state index contributed by atoms with van der Waals surface area (Å²) in [4.78, 5) is 16.8. The van der Waals surface area contributed by atoms with E-state index in [-0.39, 0.29) is 0 Å². The van der Waals surface area contributed by atoms with E-state index >= 15 is 0 Å². The Morgan fingerprint density at radius 2 is 1.91 bits per heavy atom. The van der Waals surface area contributed by atoms with Crippen LogP contribution >= 0.6 is 0 Å². The predicted molar refractivity (Wildman–Crippen MR) is 138 cm³/mol. The van der Waals surface area contributed by atoms with Crippen LogP contribution in [0.4, 0.5) is 5.82 Å². The summed E-state index contributed by atoms with van der Waals surface area (Å²) in [6.45, 7) is 4.54. The Labute approximate surface area is 203 Å². The summed E-state index contributed by atoms with van der Waals surface area (Å²) in [5, 5.41) is 7.75. The third kappa shape index (κ3) is 4.46. The van der Waals surface area contributed by atoms with E-state index in [1.54, 1.807) is 6.20 Å². The van der Waals surface area contributed by atoms with Crippen LogP contribution in [0, 0.1) is 6.92 Å². The van der Waals surface area contributed by atoms with Gasteiger partial charge in [0, 0.05) is 36.9 Å². The van der Waals surface area contributed by atoms with Crippen molar-refractivity contribution in [2.75, 3.05) is 11.9 Å². The van der Waals surface area contributed by atoms with Crippen LogP contribution in [0.2, 0.25) is 0 Å². The normalized spacial score (nSPS) is 12.9. The lowest BCUT2D eigenvalue weighted by molar-refractivity contribution is 0.485. The number of nitrogens with one attached hydrogen (secondary N) is 3. The lowest BCUT2D eigenvalue weighted by atomic mass is 10.0. The summed E-state index contributed by atoms with van der Waals surface area (Å²) in [6, 6.07) is 16.4. The Bertz CT molecular complexity index is 1490. The third-order valence-electron chi connectivity index (χ3n) is 6.32. The Morgan fingerprint density at radius 1 is 0.971 bits per heavy atom. The topological polar surface area (TPSA) is 87.8 Å². The number of fused-ring (bicyclic) bond motifs is 2. The highest BCUT2D eigenvalue weighted by Gasteiger charge is 2.15. The fourth-order valence-corrected chi connectivity index (χ4v) is 4.47. The number of pyridine rings is 3. The molecule has 0 bridgehead atoms. The van der Waals surface area contributed by atoms with Crippen LogP contribution in [0.1, 0.15) is 22.4 Å². The number of anilines is 1. The van der Waals surface area contributed by atoms with E-state index < -0.39 is 0 Å². The summed E-state index contributed by atoms with van der Waals surface area (Å²) in [6.07, 6.45) is 8.48. The Morgan fingerprint density at radius 3 is 2.83 bits per heavy atom. The van der Waals surface area contributed by atoms with E-state index in [1.807, 2.05) is 49.8 Å². The van der Waals surface area contributed by atoms with E-state index in [2.05, 4.69) is 54.8 Å². The number of H-pyrrole nitrogens is 1. The van der Waals surface area contributed by atoms with Gasteiger partial charge in [-0.2, -0.15) is 0 Å². The minimum Gasteiger partial charge on any atom is -0.457 e. The predicted octanol–water partition coefficient (Wildman–Crippen LogP) is 5.38. The summed E-state index contributed by atoms with van der Waals surface area (Å²) in [5.74, 6) is 2.38. The summed E-state index contributed by atoms with van der Waals surface area (Å²) >= 11 is 0. The smallest absolute Gasteiger partial charge is 0.141 e. The molecule has 6 rings (SSSR count). The molecule has 1 aliphatic heterocycles. The number of aryl methyl sites for hydroxylation is 1. The summed E-state index contributed by atoms with van der Waals surface area (Å²) < 4.78 is 6.40.